The third kappa shape index (κ3) is 33.7. The number of phenolic OH excluding ortho intramolecular Hbond substituents is 1. The predicted molar refractivity (Wildman–Crippen MR) is 456 cm³/mol. The number of nitrogen functional groups attached to an aromatic ring is 2. The number of hydrogen-bond acceptors (Lipinski definition) is 25. The van der Waals surface area contributed by atoms with Crippen molar-refractivity contribution in [2.24, 2.45) is 0 Å². The molecule has 0 saturated carbocycles. The molecule has 117 heavy (non-hydrogen) atoms. The molecule has 7 aromatic heterocycles. The number of ether oxygens (including phenoxy) is 7. The van der Waals surface area contributed by atoms with E-state index in [2.05, 4.69) is 115 Å². The van der Waals surface area contributed by atoms with Crippen molar-refractivity contribution in [2.75, 3.05) is 82.9 Å². The summed E-state index contributed by atoms with van der Waals surface area (Å²) in [7, 11) is -0.182. The first-order valence-electron chi connectivity index (χ1n) is 36.6. The molecule has 27 nitrogen and oxygen atoms in total. The van der Waals surface area contributed by atoms with Gasteiger partial charge in [-0.15, -0.1) is 0 Å². The Morgan fingerprint density at radius 3 is 1.32 bits per heavy atom. The van der Waals surface area contributed by atoms with Gasteiger partial charge in [0.05, 0.1) is 43.3 Å². The van der Waals surface area contributed by atoms with Crippen molar-refractivity contribution in [3.8, 4) is 29.0 Å². The molecule has 34 heteroatoms. The Morgan fingerprint density at radius 1 is 0.487 bits per heavy atom. The molecule has 0 aliphatic carbocycles. The Balaban J connectivity index is 0.000000358. The van der Waals surface area contributed by atoms with E-state index in [9.17, 15) is 13.2 Å². The van der Waals surface area contributed by atoms with Gasteiger partial charge in [-0.2, -0.15) is 13.2 Å². The van der Waals surface area contributed by atoms with Crippen LogP contribution in [-0.2, 0) is 53.4 Å². The van der Waals surface area contributed by atoms with E-state index in [0.717, 1.165) is 122 Å². The number of anilines is 4. The van der Waals surface area contributed by atoms with Gasteiger partial charge >= 0.3 is 7.12 Å². The van der Waals surface area contributed by atoms with Crippen LogP contribution in [-0.4, -0.2) is 160 Å². The largest absolute Gasteiger partial charge is 0.508 e. The van der Waals surface area contributed by atoms with Crippen molar-refractivity contribution >= 4 is 74.1 Å². The fraction of sp³-hybridized carbons (Fsp3) is 0.373. The molecule has 0 unspecified atom stereocenters. The molecule has 6 aliphatic heterocycles. The van der Waals surface area contributed by atoms with Gasteiger partial charge in [0.1, 0.15) is 44.8 Å². The van der Waals surface area contributed by atoms with Gasteiger partial charge < -0.3 is 75.3 Å². The normalized spacial score (nSPS) is 15.7. The number of aromatic nitrogens is 12. The molecule has 13 heterocycles. The number of nitrogens with zero attached hydrogens (tertiary/aromatic N) is 12. The van der Waals surface area contributed by atoms with Crippen LogP contribution in [0.15, 0.2) is 194 Å². The molecule has 10 aromatic rings. The molecule has 634 valence electrons. The van der Waals surface area contributed by atoms with E-state index in [1.807, 2.05) is 93.0 Å². The minimum atomic E-state index is -0.506. The first kappa shape index (κ1) is 100. The molecule has 6 aliphatic rings. The summed E-state index contributed by atoms with van der Waals surface area (Å²) in [6.07, 6.45) is 29.9. The number of nitrogens with two attached hydrogens (primary N) is 2. The standard InChI is InChI=1S/C21H22N4O2.C15H17N3O2.C11H19BO3.C9H11FN2O.C9H9FN2O.C6H6BrN.C6H7NO.C4H2FIN2.2CH4.2H2O.Pd.H2/c1-15-2-7-19(24-14-15)25-17-3-5-18(6-4-17)27-21-20(22-10-11-23-21)16-8-12-26-13-9-16;16-12-1-3-13(4-2-12)20-15-14(17-7-8-18-15)11-5-9-19-10-6-11;1-10(2)11(3,4)15-12(14-10)9-5-7-13-8-6-9;2*10-9-8(11-3-4-12-9)7-1-5-13-6-2-7;1-5-2-3-6(7)8-4-5;7-5-1-3-6(8)4-2-5;5-3-4(6)8-2-1-7-3;;;;;;/h2-7,10-11,14,16H,8-9,12-13H2,1H3,(H,24,25);1-4,7-8,11H,5-6,9-10,16H2;5H,6-8H2,1-4H3;3-4,7H,1-2,5-6H2;1,3-4H,2,5-6H2;2-4H,1H3;1-4,8H,7H2;1-2H;2*1H4;2*1H2;;1H. The Bertz CT molecular complexity index is 4430. The zero-order valence-corrected chi connectivity index (χ0v) is 70.0. The first-order valence-corrected chi connectivity index (χ1v) is 38.5. The summed E-state index contributed by atoms with van der Waals surface area (Å²) in [5.74, 6) is 3.07. The summed E-state index contributed by atoms with van der Waals surface area (Å²) in [6, 6.07) is 29.3. The Kier molecular flexibility index (Phi) is 45.2. The number of halogens is 5. The summed E-state index contributed by atoms with van der Waals surface area (Å²) in [5, 5.41) is 12.0. The van der Waals surface area contributed by atoms with E-state index in [-0.39, 0.29) is 77.6 Å². The van der Waals surface area contributed by atoms with Crippen LogP contribution in [0.2, 0.25) is 0 Å². The second-order valence-corrected chi connectivity index (χ2v) is 28.7. The third-order valence-corrected chi connectivity index (χ3v) is 19.3. The van der Waals surface area contributed by atoms with Gasteiger partial charge in [-0.25, -0.2) is 39.9 Å². The molecule has 16 rings (SSSR count). The van der Waals surface area contributed by atoms with Crippen LogP contribution >= 0.6 is 38.5 Å². The van der Waals surface area contributed by atoms with Gasteiger partial charge in [-0.3, -0.25) is 19.9 Å². The third-order valence-electron chi connectivity index (χ3n) is 18.1. The topological polar surface area (TPSA) is 385 Å². The number of hydrogen-bond donors (Lipinski definition) is 4. The molecule has 0 spiro atoms. The summed E-state index contributed by atoms with van der Waals surface area (Å²) < 4.78 is 89.8. The average Bonchev–Trinajstić information content (AvgIpc) is 1.62. The van der Waals surface area contributed by atoms with Crippen molar-refractivity contribution in [1.82, 2.24) is 59.8 Å². The number of pyridine rings is 2. The van der Waals surface area contributed by atoms with Gasteiger partial charge in [0.25, 0.3) is 0 Å². The van der Waals surface area contributed by atoms with Crippen LogP contribution in [0.1, 0.15) is 147 Å². The quantitative estimate of drug-likeness (QED) is 0.0307. The molecule has 0 bridgehead atoms. The maximum absolute atomic E-state index is 13.2. The van der Waals surface area contributed by atoms with Crippen LogP contribution in [0.3, 0.4) is 0 Å². The Morgan fingerprint density at radius 2 is 0.906 bits per heavy atom. The Hall–Kier alpha value is -8.99. The SMILES string of the molecule is C.C.CC1(C)OB(C2=CCOCC2)OC1(C)C.Cc1ccc(Br)nc1.Cc1ccc(Nc2ccc(Oc3nccnc3C3CCOCC3)cc2)nc1.Fc1nccnc1C1=CCOCC1.Fc1nccnc1C1CCOCC1.Fc1nccnc1I.Nc1ccc(O)cc1.Nc1ccc(Oc2nccnc2C2CCOCC2)cc1.O.O.[HH].[Pd]. The monoisotopic (exact) mass is 1890 g/mol. The van der Waals surface area contributed by atoms with Crippen molar-refractivity contribution in [3.05, 3.63) is 249 Å². The van der Waals surface area contributed by atoms with Crippen LogP contribution in [0.25, 0.3) is 5.57 Å². The van der Waals surface area contributed by atoms with Crippen LogP contribution in [0.4, 0.5) is 36.1 Å². The van der Waals surface area contributed by atoms with Gasteiger partial charge in [-0.05, 0) is 239 Å². The van der Waals surface area contributed by atoms with Crippen molar-refractivity contribution in [3.63, 3.8) is 0 Å². The van der Waals surface area contributed by atoms with E-state index in [1.165, 1.54) is 48.2 Å². The van der Waals surface area contributed by atoms with E-state index < -0.39 is 17.8 Å². The molecule has 4 fully saturated rings. The van der Waals surface area contributed by atoms with Crippen LogP contribution in [0.5, 0.6) is 29.0 Å². The second kappa shape index (κ2) is 52.7. The maximum atomic E-state index is 13.2. The number of aryl methyl sites for hydroxylation is 2. The summed E-state index contributed by atoms with van der Waals surface area (Å²) in [6.45, 7) is 19.4. The molecule has 10 N–H and O–H groups in total. The molecule has 0 atom stereocenters. The van der Waals surface area contributed by atoms with E-state index >= 15 is 0 Å². The van der Waals surface area contributed by atoms with Gasteiger partial charge in [-0.1, -0.05) is 39.1 Å². The van der Waals surface area contributed by atoms with E-state index in [1.54, 1.807) is 83.8 Å². The predicted octanol–water partition coefficient (Wildman–Crippen LogP) is 16.5. The van der Waals surface area contributed by atoms with Crippen molar-refractivity contribution < 1.29 is 93.5 Å². The van der Waals surface area contributed by atoms with Crippen LogP contribution < -0.4 is 26.3 Å². The second-order valence-electron chi connectivity index (χ2n) is 26.9. The molecular weight excluding hydrogens is 1780 g/mol. The van der Waals surface area contributed by atoms with Crippen molar-refractivity contribution in [1.29, 1.82) is 0 Å². The van der Waals surface area contributed by atoms with E-state index in [4.69, 9.17) is 59.0 Å². The van der Waals surface area contributed by atoms with Crippen LogP contribution in [0, 0.1) is 35.4 Å². The van der Waals surface area contributed by atoms with Gasteiger partial charge in [0, 0.05) is 171 Å². The van der Waals surface area contributed by atoms with E-state index in [0.29, 0.717) is 95.3 Å². The number of nitrogens with one attached hydrogen (secondary N) is 1. The Labute approximate surface area is 720 Å². The fourth-order valence-electron chi connectivity index (χ4n) is 11.2. The molecule has 0 radical (unpaired) electrons. The van der Waals surface area contributed by atoms with Gasteiger partial charge in [0.2, 0.25) is 29.6 Å². The number of benzene rings is 3. The average molecular weight is 1890 g/mol. The zero-order chi connectivity index (χ0) is 79.5. The summed E-state index contributed by atoms with van der Waals surface area (Å²) >= 11 is 5.01. The number of rotatable bonds is 11. The van der Waals surface area contributed by atoms with Gasteiger partial charge in [0.15, 0.2) is 3.70 Å². The number of phenols is 1. The molecule has 4 saturated heterocycles. The molecule has 3 aromatic carbocycles. The first-order chi connectivity index (χ1) is 54.2. The zero-order valence-electron chi connectivity index (χ0n) is 64.7. The number of aromatic hydroxyl groups is 1. The summed E-state index contributed by atoms with van der Waals surface area (Å²) in [4.78, 5) is 48.1. The molecule has 0 amide bonds. The smallest absolute Gasteiger partial charge is 0.490 e. The fourth-order valence-corrected chi connectivity index (χ4v) is 11.8. The maximum Gasteiger partial charge on any atom is 0.490 e. The van der Waals surface area contributed by atoms with Crippen molar-refractivity contribution in [2.45, 2.75) is 137 Å². The minimum absolute atomic E-state index is 0. The molecular formula is C83H107BBrF3IN15O12Pd. The summed E-state index contributed by atoms with van der Waals surface area (Å²) in [5.41, 5.74) is 19.9. The minimum Gasteiger partial charge on any atom is -0.508 e.